The van der Waals surface area contributed by atoms with Crippen LogP contribution >= 0.6 is 0 Å². The second-order valence-electron chi connectivity index (χ2n) is 3.83. The van der Waals surface area contributed by atoms with E-state index in [1.807, 2.05) is 0 Å². The Kier molecular flexibility index (Phi) is 1.91. The molecule has 2 unspecified atom stereocenters. The maximum absolute atomic E-state index is 11.1. The van der Waals surface area contributed by atoms with E-state index in [1.165, 1.54) is 12.1 Å². The molecule has 0 aliphatic heterocycles. The number of rotatable bonds is 2. The number of hydrogen-bond donors (Lipinski definition) is 2. The number of pyridine rings is 1. The molecule has 4 heteroatoms. The number of aromatic amines is 1. The average molecular weight is 192 g/mol. The standard InChI is InChI=1S/C10H12N2O2/c1-5-4-7(5)9-6(10(11)14)2-3-8(13)12-9/h2-3,5,7H,4H2,1H3,(H2,11,14)(H,12,13). The molecule has 74 valence electrons. The zero-order chi connectivity index (χ0) is 10.3. The minimum atomic E-state index is -0.477. The van der Waals surface area contributed by atoms with Crippen molar-refractivity contribution in [3.8, 4) is 0 Å². The Morgan fingerprint density at radius 2 is 2.21 bits per heavy atom. The molecule has 4 nitrogen and oxygen atoms in total. The fourth-order valence-corrected chi connectivity index (χ4v) is 1.72. The van der Waals surface area contributed by atoms with E-state index in [1.54, 1.807) is 0 Å². The van der Waals surface area contributed by atoms with Crippen molar-refractivity contribution in [3.63, 3.8) is 0 Å². The van der Waals surface area contributed by atoms with Crippen molar-refractivity contribution in [1.82, 2.24) is 4.98 Å². The molecule has 0 bridgehead atoms. The van der Waals surface area contributed by atoms with Crippen LogP contribution in [-0.2, 0) is 0 Å². The zero-order valence-corrected chi connectivity index (χ0v) is 7.91. The molecule has 2 rings (SSSR count). The van der Waals surface area contributed by atoms with Crippen molar-refractivity contribution in [2.45, 2.75) is 19.3 Å². The van der Waals surface area contributed by atoms with Crippen molar-refractivity contribution >= 4 is 5.91 Å². The van der Waals surface area contributed by atoms with Gasteiger partial charge in [-0.05, 0) is 18.4 Å². The molecule has 1 aliphatic rings. The summed E-state index contributed by atoms with van der Waals surface area (Å²) in [6.45, 7) is 2.08. The lowest BCUT2D eigenvalue weighted by molar-refractivity contribution is 0.0999. The lowest BCUT2D eigenvalue weighted by atomic mass is 10.1. The highest BCUT2D eigenvalue weighted by molar-refractivity contribution is 5.94. The molecule has 0 saturated heterocycles. The van der Waals surface area contributed by atoms with Crippen LogP contribution in [0.2, 0.25) is 0 Å². The number of carbonyl (C=O) groups excluding carboxylic acids is 1. The third-order valence-corrected chi connectivity index (χ3v) is 2.70. The minimum Gasteiger partial charge on any atom is -0.366 e. The summed E-state index contributed by atoms with van der Waals surface area (Å²) in [5.41, 5.74) is 6.19. The van der Waals surface area contributed by atoms with Gasteiger partial charge < -0.3 is 10.7 Å². The van der Waals surface area contributed by atoms with Gasteiger partial charge in [0.05, 0.1) is 5.56 Å². The Morgan fingerprint density at radius 3 is 2.71 bits per heavy atom. The predicted octanol–water partition coefficient (Wildman–Crippen LogP) is 0.597. The van der Waals surface area contributed by atoms with E-state index in [2.05, 4.69) is 11.9 Å². The van der Waals surface area contributed by atoms with Gasteiger partial charge >= 0.3 is 0 Å². The van der Waals surface area contributed by atoms with Crippen molar-refractivity contribution in [2.75, 3.05) is 0 Å². The SMILES string of the molecule is CC1CC1c1[nH]c(=O)ccc1C(N)=O. The molecule has 1 aromatic rings. The normalized spacial score (nSPS) is 24.6. The van der Waals surface area contributed by atoms with E-state index >= 15 is 0 Å². The van der Waals surface area contributed by atoms with E-state index < -0.39 is 5.91 Å². The first-order chi connectivity index (χ1) is 6.59. The van der Waals surface area contributed by atoms with E-state index in [-0.39, 0.29) is 5.56 Å². The number of amides is 1. The number of nitrogens with one attached hydrogen (secondary N) is 1. The molecule has 0 aromatic carbocycles. The van der Waals surface area contributed by atoms with Crippen LogP contribution in [0.5, 0.6) is 0 Å². The number of H-pyrrole nitrogens is 1. The Bertz CT molecular complexity index is 436. The first kappa shape index (κ1) is 8.99. The van der Waals surface area contributed by atoms with Crippen LogP contribution in [0.1, 0.15) is 35.3 Å². The quantitative estimate of drug-likeness (QED) is 0.719. The maximum Gasteiger partial charge on any atom is 0.250 e. The van der Waals surface area contributed by atoms with Gasteiger partial charge in [-0.15, -0.1) is 0 Å². The summed E-state index contributed by atoms with van der Waals surface area (Å²) in [5, 5.41) is 0. The molecule has 1 heterocycles. The van der Waals surface area contributed by atoms with E-state index in [9.17, 15) is 9.59 Å². The third-order valence-electron chi connectivity index (χ3n) is 2.70. The lowest BCUT2D eigenvalue weighted by Crippen LogP contribution is -2.18. The molecule has 2 atom stereocenters. The minimum absolute atomic E-state index is 0.177. The number of hydrogen-bond acceptors (Lipinski definition) is 2. The van der Waals surface area contributed by atoms with E-state index in [0.29, 0.717) is 23.1 Å². The molecule has 3 N–H and O–H groups in total. The summed E-state index contributed by atoms with van der Waals surface area (Å²) in [6, 6.07) is 2.83. The molecular formula is C10H12N2O2. The van der Waals surface area contributed by atoms with Gasteiger partial charge in [-0.3, -0.25) is 9.59 Å². The summed E-state index contributed by atoms with van der Waals surface area (Å²) in [5.74, 6) is 0.355. The molecule has 1 aromatic heterocycles. The Balaban J connectivity index is 2.49. The number of nitrogens with two attached hydrogens (primary N) is 1. The van der Waals surface area contributed by atoms with Crippen molar-refractivity contribution in [2.24, 2.45) is 11.7 Å². The van der Waals surface area contributed by atoms with Crippen LogP contribution in [0, 0.1) is 5.92 Å². The molecule has 1 amide bonds. The molecule has 1 fully saturated rings. The van der Waals surface area contributed by atoms with Crippen LogP contribution < -0.4 is 11.3 Å². The van der Waals surface area contributed by atoms with Crippen LogP contribution in [0.3, 0.4) is 0 Å². The summed E-state index contributed by atoms with van der Waals surface area (Å²) in [6.07, 6.45) is 1.01. The predicted molar refractivity (Wildman–Crippen MR) is 52.1 cm³/mol. The monoisotopic (exact) mass is 192 g/mol. The third kappa shape index (κ3) is 1.43. The number of aromatic nitrogens is 1. The second kappa shape index (κ2) is 2.97. The van der Waals surface area contributed by atoms with Gasteiger partial charge in [-0.2, -0.15) is 0 Å². The Hall–Kier alpha value is -1.58. The second-order valence-corrected chi connectivity index (χ2v) is 3.83. The van der Waals surface area contributed by atoms with Gasteiger partial charge in [0.1, 0.15) is 0 Å². The maximum atomic E-state index is 11.1. The highest BCUT2D eigenvalue weighted by Crippen LogP contribution is 2.46. The van der Waals surface area contributed by atoms with Crippen LogP contribution in [0.25, 0.3) is 0 Å². The van der Waals surface area contributed by atoms with Crippen molar-refractivity contribution in [1.29, 1.82) is 0 Å². The molecule has 14 heavy (non-hydrogen) atoms. The summed E-state index contributed by atoms with van der Waals surface area (Å²) in [4.78, 5) is 24.9. The molecule has 1 aliphatic carbocycles. The summed E-state index contributed by atoms with van der Waals surface area (Å²) in [7, 11) is 0. The topological polar surface area (TPSA) is 75.9 Å². The van der Waals surface area contributed by atoms with Crippen molar-refractivity contribution < 1.29 is 4.79 Å². The van der Waals surface area contributed by atoms with Gasteiger partial charge in [0.15, 0.2) is 0 Å². The molecule has 1 saturated carbocycles. The van der Waals surface area contributed by atoms with Crippen LogP contribution in [0.15, 0.2) is 16.9 Å². The fraction of sp³-hybridized carbons (Fsp3) is 0.400. The first-order valence-corrected chi connectivity index (χ1v) is 4.62. The zero-order valence-electron chi connectivity index (χ0n) is 7.91. The fourth-order valence-electron chi connectivity index (χ4n) is 1.72. The smallest absolute Gasteiger partial charge is 0.250 e. The molecular weight excluding hydrogens is 180 g/mol. The van der Waals surface area contributed by atoms with E-state index in [0.717, 1.165) is 6.42 Å². The van der Waals surface area contributed by atoms with Gasteiger partial charge in [-0.25, -0.2) is 0 Å². The highest BCUT2D eigenvalue weighted by Gasteiger charge is 2.37. The van der Waals surface area contributed by atoms with Crippen molar-refractivity contribution in [3.05, 3.63) is 33.7 Å². The number of carbonyl (C=O) groups is 1. The molecule has 0 radical (unpaired) electrons. The highest BCUT2D eigenvalue weighted by atomic mass is 16.1. The van der Waals surface area contributed by atoms with Gasteiger partial charge in [0.2, 0.25) is 11.5 Å². The van der Waals surface area contributed by atoms with Gasteiger partial charge in [0.25, 0.3) is 0 Å². The first-order valence-electron chi connectivity index (χ1n) is 4.62. The Morgan fingerprint density at radius 1 is 1.57 bits per heavy atom. The summed E-state index contributed by atoms with van der Waals surface area (Å²) >= 11 is 0. The Labute approximate surface area is 81.1 Å². The lowest BCUT2D eigenvalue weighted by Gasteiger charge is -2.04. The van der Waals surface area contributed by atoms with Gasteiger partial charge in [0, 0.05) is 17.7 Å². The average Bonchev–Trinajstić information content (AvgIpc) is 2.82. The van der Waals surface area contributed by atoms with Crippen LogP contribution in [-0.4, -0.2) is 10.9 Å². The van der Waals surface area contributed by atoms with Gasteiger partial charge in [-0.1, -0.05) is 6.92 Å². The van der Waals surface area contributed by atoms with E-state index in [4.69, 9.17) is 5.73 Å². The van der Waals surface area contributed by atoms with Crippen LogP contribution in [0.4, 0.5) is 0 Å². The summed E-state index contributed by atoms with van der Waals surface area (Å²) < 4.78 is 0. The molecule has 0 spiro atoms. The number of primary amides is 1. The largest absolute Gasteiger partial charge is 0.366 e.